The maximum absolute atomic E-state index is 13.1. The van der Waals surface area contributed by atoms with E-state index in [0.29, 0.717) is 72.8 Å². The number of ether oxygens (including phenoxy) is 3. The highest BCUT2D eigenvalue weighted by Gasteiger charge is 2.25. The summed E-state index contributed by atoms with van der Waals surface area (Å²) >= 11 is 11.4. The van der Waals surface area contributed by atoms with E-state index in [0.717, 1.165) is 11.4 Å². The highest BCUT2D eigenvalue weighted by molar-refractivity contribution is 7.80. The van der Waals surface area contributed by atoms with Gasteiger partial charge in [-0.05, 0) is 72.9 Å². The number of thiocarbonyl (C=S) groups is 1. The third-order valence-corrected chi connectivity index (χ3v) is 6.92. The molecule has 0 aromatic heterocycles. The molecule has 2 amide bonds. The minimum Gasteiger partial charge on any atom is -0.496 e. The van der Waals surface area contributed by atoms with E-state index in [9.17, 15) is 9.59 Å². The molecule has 2 aliphatic heterocycles. The SMILES string of the molecule is COc1ccc(Cl)cc1C(=O)N1CCN(c2ccc(NC(=S)NC(=O)c3ccc4c(c3)OCCO4)cc2)CC1. The number of methoxy groups -OCH3 is 1. The second-order valence-electron chi connectivity index (χ2n) is 8.94. The van der Waals surface area contributed by atoms with Crippen molar-refractivity contribution in [2.24, 2.45) is 0 Å². The van der Waals surface area contributed by atoms with Gasteiger partial charge in [0, 0.05) is 48.1 Å². The van der Waals surface area contributed by atoms with E-state index in [2.05, 4.69) is 15.5 Å². The van der Waals surface area contributed by atoms with Gasteiger partial charge in [-0.3, -0.25) is 14.9 Å². The van der Waals surface area contributed by atoms with Crippen LogP contribution >= 0.6 is 23.8 Å². The van der Waals surface area contributed by atoms with E-state index in [-0.39, 0.29) is 16.9 Å². The Labute approximate surface area is 236 Å². The average Bonchev–Trinajstić information content (AvgIpc) is 2.97. The first-order valence-corrected chi connectivity index (χ1v) is 13.2. The molecule has 5 rings (SSSR count). The van der Waals surface area contributed by atoms with Crippen molar-refractivity contribution in [2.45, 2.75) is 0 Å². The van der Waals surface area contributed by atoms with Crippen molar-refractivity contribution in [1.29, 1.82) is 0 Å². The van der Waals surface area contributed by atoms with Crippen LogP contribution in [0.1, 0.15) is 20.7 Å². The lowest BCUT2D eigenvalue weighted by molar-refractivity contribution is 0.0743. The van der Waals surface area contributed by atoms with Crippen LogP contribution in [-0.2, 0) is 0 Å². The number of carbonyl (C=O) groups is 2. The molecule has 3 aromatic rings. The summed E-state index contributed by atoms with van der Waals surface area (Å²) in [6.07, 6.45) is 0. The average molecular weight is 567 g/mol. The molecule has 2 heterocycles. The molecule has 0 spiro atoms. The summed E-state index contributed by atoms with van der Waals surface area (Å²) in [5.41, 5.74) is 2.66. The second kappa shape index (κ2) is 11.8. The van der Waals surface area contributed by atoms with Gasteiger partial charge in [-0.1, -0.05) is 11.6 Å². The van der Waals surface area contributed by atoms with Gasteiger partial charge in [0.2, 0.25) is 0 Å². The minimum atomic E-state index is -0.344. The molecule has 1 saturated heterocycles. The van der Waals surface area contributed by atoms with Crippen LogP contribution in [0.3, 0.4) is 0 Å². The van der Waals surface area contributed by atoms with E-state index in [1.807, 2.05) is 29.2 Å². The smallest absolute Gasteiger partial charge is 0.257 e. The maximum Gasteiger partial charge on any atom is 0.257 e. The number of hydrogen-bond donors (Lipinski definition) is 2. The monoisotopic (exact) mass is 566 g/mol. The molecule has 3 aromatic carbocycles. The molecule has 0 saturated carbocycles. The van der Waals surface area contributed by atoms with Gasteiger partial charge in [0.15, 0.2) is 16.6 Å². The van der Waals surface area contributed by atoms with Gasteiger partial charge in [-0.2, -0.15) is 0 Å². The molecule has 202 valence electrons. The number of piperazine rings is 1. The van der Waals surface area contributed by atoms with Crippen molar-refractivity contribution in [2.75, 3.05) is 56.7 Å². The Morgan fingerprint density at radius 2 is 1.64 bits per heavy atom. The molecule has 2 aliphatic rings. The van der Waals surface area contributed by atoms with Crippen LogP contribution < -0.4 is 29.7 Å². The van der Waals surface area contributed by atoms with Crippen LogP contribution in [0.5, 0.6) is 17.2 Å². The van der Waals surface area contributed by atoms with Crippen LogP contribution in [-0.4, -0.2) is 68.3 Å². The number of carbonyl (C=O) groups excluding carboxylic acids is 2. The zero-order valence-electron chi connectivity index (χ0n) is 21.2. The van der Waals surface area contributed by atoms with Crippen LogP contribution in [0.2, 0.25) is 5.02 Å². The summed E-state index contributed by atoms with van der Waals surface area (Å²) in [6, 6.07) is 17.8. The lowest BCUT2D eigenvalue weighted by atomic mass is 10.1. The van der Waals surface area contributed by atoms with Crippen LogP contribution in [0.25, 0.3) is 0 Å². The van der Waals surface area contributed by atoms with Gasteiger partial charge < -0.3 is 29.3 Å². The number of amides is 2. The fourth-order valence-electron chi connectivity index (χ4n) is 4.46. The normalized spacial score (nSPS) is 14.4. The standard InChI is InChI=1S/C28H27ClN4O5S/c1-36-23-9-3-19(29)17-22(23)27(35)33-12-10-32(11-13-33)21-6-4-20(5-7-21)30-28(39)31-26(34)18-2-8-24-25(16-18)38-15-14-37-24/h2-9,16-17H,10-15H2,1H3,(H2,30,31,34,39). The molecule has 0 atom stereocenters. The van der Waals surface area contributed by atoms with Gasteiger partial charge >= 0.3 is 0 Å². The van der Waals surface area contributed by atoms with Crippen molar-refractivity contribution < 1.29 is 23.8 Å². The van der Waals surface area contributed by atoms with Crippen molar-refractivity contribution in [3.63, 3.8) is 0 Å². The maximum atomic E-state index is 13.1. The first-order valence-electron chi connectivity index (χ1n) is 12.4. The first kappa shape index (κ1) is 26.6. The predicted molar refractivity (Wildman–Crippen MR) is 154 cm³/mol. The lowest BCUT2D eigenvalue weighted by Crippen LogP contribution is -2.48. The fourth-order valence-corrected chi connectivity index (χ4v) is 4.85. The van der Waals surface area contributed by atoms with E-state index in [4.69, 9.17) is 38.0 Å². The van der Waals surface area contributed by atoms with Gasteiger partial charge in [0.1, 0.15) is 19.0 Å². The minimum absolute atomic E-state index is 0.0969. The Hall–Kier alpha value is -4.02. The summed E-state index contributed by atoms with van der Waals surface area (Å²) in [5.74, 6) is 1.23. The van der Waals surface area contributed by atoms with Crippen LogP contribution in [0.4, 0.5) is 11.4 Å². The van der Waals surface area contributed by atoms with Gasteiger partial charge in [0.25, 0.3) is 11.8 Å². The zero-order valence-corrected chi connectivity index (χ0v) is 22.8. The molecule has 0 aliphatic carbocycles. The molecular formula is C28H27ClN4O5S. The summed E-state index contributed by atoms with van der Waals surface area (Å²) in [6.45, 7) is 3.45. The largest absolute Gasteiger partial charge is 0.496 e. The summed E-state index contributed by atoms with van der Waals surface area (Å²) in [4.78, 5) is 29.7. The number of halogens is 1. The fraction of sp³-hybridized carbons (Fsp3) is 0.250. The Morgan fingerprint density at radius 3 is 2.36 bits per heavy atom. The molecule has 0 bridgehead atoms. The highest BCUT2D eigenvalue weighted by atomic mass is 35.5. The molecule has 0 radical (unpaired) electrons. The number of benzene rings is 3. The zero-order chi connectivity index (χ0) is 27.4. The molecular weight excluding hydrogens is 540 g/mol. The first-order chi connectivity index (χ1) is 18.9. The van der Waals surface area contributed by atoms with E-state index >= 15 is 0 Å². The predicted octanol–water partition coefficient (Wildman–Crippen LogP) is 4.21. The van der Waals surface area contributed by atoms with E-state index < -0.39 is 0 Å². The summed E-state index contributed by atoms with van der Waals surface area (Å²) in [5, 5.41) is 6.41. The summed E-state index contributed by atoms with van der Waals surface area (Å²) in [7, 11) is 1.54. The molecule has 39 heavy (non-hydrogen) atoms. The van der Waals surface area contributed by atoms with Crippen molar-refractivity contribution in [1.82, 2.24) is 10.2 Å². The Balaban J connectivity index is 1.13. The van der Waals surface area contributed by atoms with Gasteiger partial charge in [-0.25, -0.2) is 0 Å². The third-order valence-electron chi connectivity index (χ3n) is 6.48. The van der Waals surface area contributed by atoms with Crippen molar-refractivity contribution in [3.05, 3.63) is 76.8 Å². The van der Waals surface area contributed by atoms with E-state index in [1.165, 1.54) is 7.11 Å². The number of anilines is 2. The topological polar surface area (TPSA) is 92.4 Å². The number of hydrogen-bond acceptors (Lipinski definition) is 7. The molecule has 9 nitrogen and oxygen atoms in total. The molecule has 1 fully saturated rings. The number of nitrogens with zero attached hydrogens (tertiary/aromatic N) is 2. The van der Waals surface area contributed by atoms with Crippen LogP contribution in [0.15, 0.2) is 60.7 Å². The Bertz CT molecular complexity index is 1390. The highest BCUT2D eigenvalue weighted by Crippen LogP contribution is 2.31. The van der Waals surface area contributed by atoms with Crippen LogP contribution in [0, 0.1) is 0 Å². The second-order valence-corrected chi connectivity index (χ2v) is 9.78. The summed E-state index contributed by atoms with van der Waals surface area (Å²) < 4.78 is 16.4. The molecule has 2 N–H and O–H groups in total. The van der Waals surface area contributed by atoms with Crippen molar-refractivity contribution >= 4 is 52.1 Å². The number of fused-ring (bicyclic) bond motifs is 1. The van der Waals surface area contributed by atoms with Gasteiger partial charge in [0.05, 0.1) is 12.7 Å². The lowest BCUT2D eigenvalue weighted by Gasteiger charge is -2.36. The Morgan fingerprint density at radius 1 is 0.923 bits per heavy atom. The molecule has 11 heteroatoms. The molecule has 0 unspecified atom stereocenters. The number of rotatable bonds is 5. The van der Waals surface area contributed by atoms with E-state index in [1.54, 1.807) is 36.4 Å². The van der Waals surface area contributed by atoms with Gasteiger partial charge in [-0.15, -0.1) is 0 Å². The quantitative estimate of drug-likeness (QED) is 0.444. The number of nitrogens with one attached hydrogen (secondary N) is 2. The van der Waals surface area contributed by atoms with Crippen molar-refractivity contribution in [3.8, 4) is 17.2 Å². The third kappa shape index (κ3) is 6.18. The Kier molecular flexibility index (Phi) is 8.04.